The molecule has 5 nitrogen and oxygen atoms in total. The molecule has 2 atom stereocenters. The molecule has 0 saturated carbocycles. The van der Waals surface area contributed by atoms with E-state index in [-0.39, 0.29) is 16.2 Å². The molecule has 7 heteroatoms. The summed E-state index contributed by atoms with van der Waals surface area (Å²) in [5.74, 6) is 0.290. The third-order valence-electron chi connectivity index (χ3n) is 3.33. The molecule has 1 heterocycles. The summed E-state index contributed by atoms with van der Waals surface area (Å²) >= 11 is 0.983. The molecule has 0 aliphatic carbocycles. The summed E-state index contributed by atoms with van der Waals surface area (Å²) < 4.78 is 22.8. The number of hydrogen-bond acceptors (Lipinski definition) is 4. The van der Waals surface area contributed by atoms with Gasteiger partial charge < -0.3 is 5.32 Å². The molecule has 3 N–H and O–H groups in total. The zero-order chi connectivity index (χ0) is 15.5. The average Bonchev–Trinajstić information content (AvgIpc) is 2.70. The fraction of sp³-hybridized carbons (Fsp3) is 0.615. The summed E-state index contributed by atoms with van der Waals surface area (Å²) in [5.41, 5.74) is 0.806. The van der Waals surface area contributed by atoms with Crippen molar-refractivity contribution in [3.8, 4) is 0 Å². The largest absolute Gasteiger partial charge is 0.350 e. The number of hydrogen-bond donors (Lipinski definition) is 2. The minimum absolute atomic E-state index is 0.0506. The van der Waals surface area contributed by atoms with Crippen molar-refractivity contribution >= 4 is 27.3 Å². The lowest BCUT2D eigenvalue weighted by atomic mass is 10.00. The van der Waals surface area contributed by atoms with E-state index in [0.717, 1.165) is 24.2 Å². The van der Waals surface area contributed by atoms with Crippen LogP contribution in [0.1, 0.15) is 49.5 Å². The second kappa shape index (κ2) is 6.69. The van der Waals surface area contributed by atoms with Gasteiger partial charge in [0.15, 0.2) is 0 Å². The minimum atomic E-state index is -3.76. The second-order valence-electron chi connectivity index (χ2n) is 5.23. The van der Waals surface area contributed by atoms with Crippen LogP contribution in [0.2, 0.25) is 0 Å². The lowest BCUT2D eigenvalue weighted by Gasteiger charge is -2.17. The first-order valence-corrected chi connectivity index (χ1v) is 9.01. The molecule has 114 valence electrons. The first-order chi connectivity index (χ1) is 9.16. The van der Waals surface area contributed by atoms with Gasteiger partial charge in [0.1, 0.15) is 4.21 Å². The van der Waals surface area contributed by atoms with Gasteiger partial charge in [0, 0.05) is 11.4 Å². The summed E-state index contributed by atoms with van der Waals surface area (Å²) in [6.45, 7) is 7.80. The van der Waals surface area contributed by atoms with Crippen molar-refractivity contribution in [2.45, 2.75) is 50.8 Å². The number of sulfonamides is 1. The Morgan fingerprint density at radius 2 is 2.05 bits per heavy atom. The van der Waals surface area contributed by atoms with E-state index in [1.165, 1.54) is 0 Å². The Labute approximate surface area is 124 Å². The minimum Gasteiger partial charge on any atom is -0.350 e. The maximum atomic E-state index is 12.1. The van der Waals surface area contributed by atoms with E-state index in [9.17, 15) is 13.2 Å². The van der Waals surface area contributed by atoms with Gasteiger partial charge in [-0.1, -0.05) is 20.3 Å². The fourth-order valence-electron chi connectivity index (χ4n) is 2.03. The van der Waals surface area contributed by atoms with Crippen LogP contribution in [0.4, 0.5) is 0 Å². The molecule has 1 amide bonds. The number of carbonyl (C=O) groups excluding carboxylic acids is 1. The van der Waals surface area contributed by atoms with Crippen molar-refractivity contribution in [3.05, 3.63) is 16.5 Å². The van der Waals surface area contributed by atoms with Crippen molar-refractivity contribution in [1.29, 1.82) is 0 Å². The van der Waals surface area contributed by atoms with Crippen LogP contribution >= 0.6 is 11.3 Å². The smallest absolute Gasteiger partial charge is 0.252 e. The van der Waals surface area contributed by atoms with E-state index >= 15 is 0 Å². The van der Waals surface area contributed by atoms with Crippen molar-refractivity contribution in [3.63, 3.8) is 0 Å². The molecule has 1 rings (SSSR count). The number of amides is 1. The molecule has 1 aromatic heterocycles. The Balaban J connectivity index is 2.82. The van der Waals surface area contributed by atoms with E-state index in [1.54, 1.807) is 12.3 Å². The van der Waals surface area contributed by atoms with Crippen LogP contribution in [-0.4, -0.2) is 20.4 Å². The van der Waals surface area contributed by atoms with Crippen LogP contribution in [0.3, 0.4) is 0 Å². The van der Waals surface area contributed by atoms with Crippen LogP contribution in [-0.2, 0) is 10.0 Å². The normalized spacial score (nSPS) is 14.8. The predicted molar refractivity (Wildman–Crippen MR) is 81.4 cm³/mol. The number of nitrogens with one attached hydrogen (secondary N) is 1. The zero-order valence-electron chi connectivity index (χ0n) is 12.3. The molecule has 0 aliphatic heterocycles. The molecule has 0 radical (unpaired) electrons. The number of carbonyl (C=O) groups is 1. The van der Waals surface area contributed by atoms with E-state index in [0.29, 0.717) is 17.0 Å². The van der Waals surface area contributed by atoms with E-state index in [1.807, 2.05) is 6.92 Å². The lowest BCUT2D eigenvalue weighted by Crippen LogP contribution is -2.33. The van der Waals surface area contributed by atoms with Crippen LogP contribution in [0, 0.1) is 12.8 Å². The summed E-state index contributed by atoms with van der Waals surface area (Å²) in [6.07, 6.45) is 1.96. The molecule has 0 bridgehead atoms. The number of nitrogens with two attached hydrogens (primary N) is 1. The van der Waals surface area contributed by atoms with Crippen LogP contribution in [0.5, 0.6) is 0 Å². The SMILES string of the molecule is CCC(C)CC(C)NC(=O)c1csc(S(N)(=O)=O)c1C. The summed E-state index contributed by atoms with van der Waals surface area (Å²) in [4.78, 5) is 12.1. The highest BCUT2D eigenvalue weighted by Crippen LogP contribution is 2.25. The highest BCUT2D eigenvalue weighted by atomic mass is 32.2. The molecule has 20 heavy (non-hydrogen) atoms. The van der Waals surface area contributed by atoms with Crippen molar-refractivity contribution in [1.82, 2.24) is 5.32 Å². The van der Waals surface area contributed by atoms with Gasteiger partial charge in [-0.2, -0.15) is 0 Å². The monoisotopic (exact) mass is 318 g/mol. The van der Waals surface area contributed by atoms with Crippen molar-refractivity contribution in [2.24, 2.45) is 11.1 Å². The van der Waals surface area contributed by atoms with Gasteiger partial charge in [0.25, 0.3) is 5.91 Å². The summed E-state index contributed by atoms with van der Waals surface area (Å²) in [6, 6.07) is 0.0506. The lowest BCUT2D eigenvalue weighted by molar-refractivity contribution is 0.0935. The fourth-order valence-corrected chi connectivity index (χ4v) is 4.05. The maximum Gasteiger partial charge on any atom is 0.252 e. The van der Waals surface area contributed by atoms with E-state index in [4.69, 9.17) is 5.14 Å². The molecule has 0 saturated heterocycles. The Bertz CT molecular complexity index is 578. The Hall–Kier alpha value is -0.920. The van der Waals surface area contributed by atoms with Gasteiger partial charge in [-0.3, -0.25) is 4.79 Å². The van der Waals surface area contributed by atoms with Gasteiger partial charge in [0.05, 0.1) is 5.56 Å². The molecular formula is C13H22N2O3S2. The molecule has 0 fully saturated rings. The molecule has 0 aliphatic rings. The number of thiophene rings is 1. The average molecular weight is 318 g/mol. The quantitative estimate of drug-likeness (QED) is 0.843. The van der Waals surface area contributed by atoms with Gasteiger partial charge in [-0.15, -0.1) is 11.3 Å². The topological polar surface area (TPSA) is 89.3 Å². The molecule has 1 aromatic rings. The van der Waals surface area contributed by atoms with Crippen molar-refractivity contribution < 1.29 is 13.2 Å². The van der Waals surface area contributed by atoms with E-state index < -0.39 is 10.0 Å². The standard InChI is InChI=1S/C13H22N2O3S2/c1-5-8(2)6-9(3)15-12(16)11-7-19-13(10(11)4)20(14,17)18/h7-9H,5-6H2,1-4H3,(H,15,16)(H2,14,17,18). The maximum absolute atomic E-state index is 12.1. The van der Waals surface area contributed by atoms with Crippen molar-refractivity contribution in [2.75, 3.05) is 0 Å². The predicted octanol–water partition coefficient (Wildman–Crippen LogP) is 2.26. The third kappa shape index (κ3) is 4.29. The van der Waals surface area contributed by atoms with Gasteiger partial charge >= 0.3 is 0 Å². The summed E-state index contributed by atoms with van der Waals surface area (Å²) in [5, 5.41) is 9.55. The molecule has 2 unspecified atom stereocenters. The number of rotatable bonds is 6. The molecular weight excluding hydrogens is 296 g/mol. The molecule has 0 spiro atoms. The zero-order valence-corrected chi connectivity index (χ0v) is 13.9. The highest BCUT2D eigenvalue weighted by molar-refractivity contribution is 7.91. The van der Waals surface area contributed by atoms with Crippen LogP contribution in [0.15, 0.2) is 9.59 Å². The highest BCUT2D eigenvalue weighted by Gasteiger charge is 2.21. The van der Waals surface area contributed by atoms with E-state index in [2.05, 4.69) is 19.2 Å². The Morgan fingerprint density at radius 1 is 1.45 bits per heavy atom. The summed E-state index contributed by atoms with van der Waals surface area (Å²) in [7, 11) is -3.76. The third-order valence-corrected chi connectivity index (χ3v) is 6.01. The van der Waals surface area contributed by atoms with Crippen LogP contribution in [0.25, 0.3) is 0 Å². The van der Waals surface area contributed by atoms with Gasteiger partial charge in [-0.05, 0) is 31.7 Å². The second-order valence-corrected chi connectivity index (χ2v) is 7.87. The first kappa shape index (κ1) is 17.1. The Kier molecular flexibility index (Phi) is 5.73. The van der Waals surface area contributed by atoms with Gasteiger partial charge in [-0.25, -0.2) is 13.6 Å². The van der Waals surface area contributed by atoms with Crippen LogP contribution < -0.4 is 10.5 Å². The number of primary sulfonamides is 1. The Morgan fingerprint density at radius 3 is 2.50 bits per heavy atom. The molecule has 0 aromatic carbocycles. The van der Waals surface area contributed by atoms with Gasteiger partial charge in [0.2, 0.25) is 10.0 Å². The first-order valence-electron chi connectivity index (χ1n) is 6.58.